The van der Waals surface area contributed by atoms with Crippen LogP contribution in [-0.2, 0) is 4.79 Å². The van der Waals surface area contributed by atoms with Crippen molar-refractivity contribution in [3.05, 3.63) is 24.5 Å². The van der Waals surface area contributed by atoms with Crippen LogP contribution in [0.15, 0.2) is 24.5 Å². The molecular weight excluding hydrogens is 295 g/mol. The Morgan fingerprint density at radius 3 is 2.68 bits per heavy atom. The Morgan fingerprint density at radius 1 is 1.36 bits per heavy atom. The number of nitrogens with one attached hydrogen (secondary N) is 1. The number of carbonyl (C=O) groups is 1. The molecular formula is C15H20F3N3O. The van der Waals surface area contributed by atoms with E-state index in [4.69, 9.17) is 0 Å². The van der Waals surface area contributed by atoms with Crippen LogP contribution in [0.3, 0.4) is 0 Å². The third kappa shape index (κ3) is 5.54. The second-order valence-corrected chi connectivity index (χ2v) is 5.56. The van der Waals surface area contributed by atoms with Crippen molar-refractivity contribution < 1.29 is 18.0 Å². The maximum absolute atomic E-state index is 12.0. The highest BCUT2D eigenvalue weighted by Gasteiger charge is 2.28. The van der Waals surface area contributed by atoms with Crippen molar-refractivity contribution in [2.75, 3.05) is 24.5 Å². The molecule has 1 aliphatic heterocycles. The first-order valence-electron chi connectivity index (χ1n) is 7.42. The second kappa shape index (κ2) is 7.47. The molecule has 4 nitrogen and oxygen atoms in total. The number of amides is 1. The maximum atomic E-state index is 12.0. The Hall–Kier alpha value is -1.79. The van der Waals surface area contributed by atoms with Crippen LogP contribution in [0.5, 0.6) is 0 Å². The summed E-state index contributed by atoms with van der Waals surface area (Å²) in [6.07, 6.45) is -0.447. The van der Waals surface area contributed by atoms with Crippen LogP contribution >= 0.6 is 0 Å². The largest absolute Gasteiger partial charge is 0.389 e. The predicted molar refractivity (Wildman–Crippen MR) is 77.5 cm³/mol. The molecule has 0 atom stereocenters. The lowest BCUT2D eigenvalue weighted by molar-refractivity contribution is -0.144. The van der Waals surface area contributed by atoms with E-state index in [9.17, 15) is 18.0 Å². The molecule has 0 spiro atoms. The summed E-state index contributed by atoms with van der Waals surface area (Å²) in [5, 5.41) is 2.61. The minimum atomic E-state index is -4.27. The van der Waals surface area contributed by atoms with Gasteiger partial charge in [0.25, 0.3) is 0 Å². The average molecular weight is 315 g/mol. The Bertz CT molecular complexity index is 471. The van der Waals surface area contributed by atoms with Gasteiger partial charge in [0.2, 0.25) is 5.91 Å². The molecule has 0 bridgehead atoms. The van der Waals surface area contributed by atoms with Crippen LogP contribution in [-0.4, -0.2) is 36.7 Å². The van der Waals surface area contributed by atoms with Gasteiger partial charge in [-0.25, -0.2) is 0 Å². The lowest BCUT2D eigenvalue weighted by Gasteiger charge is -2.33. The number of rotatable bonds is 5. The van der Waals surface area contributed by atoms with Crippen LogP contribution in [0.1, 0.15) is 25.7 Å². The van der Waals surface area contributed by atoms with Crippen LogP contribution in [0.2, 0.25) is 0 Å². The highest BCUT2D eigenvalue weighted by atomic mass is 19.4. The minimum absolute atomic E-state index is 0.322. The zero-order valence-corrected chi connectivity index (χ0v) is 12.3. The number of anilines is 1. The molecule has 1 aromatic rings. The molecule has 0 radical (unpaired) electrons. The molecule has 0 unspecified atom stereocenters. The van der Waals surface area contributed by atoms with Gasteiger partial charge in [0.15, 0.2) is 0 Å². The van der Waals surface area contributed by atoms with Crippen molar-refractivity contribution in [2.24, 2.45) is 5.92 Å². The van der Waals surface area contributed by atoms with Gasteiger partial charge in [0.05, 0.1) is 18.3 Å². The molecule has 1 fully saturated rings. The summed E-state index contributed by atoms with van der Waals surface area (Å²) in [5.41, 5.74) is 1.08. The van der Waals surface area contributed by atoms with Gasteiger partial charge < -0.3 is 10.2 Å². The van der Waals surface area contributed by atoms with E-state index in [-0.39, 0.29) is 0 Å². The number of nitrogens with zero attached hydrogens (tertiary/aromatic N) is 2. The van der Waals surface area contributed by atoms with Gasteiger partial charge in [-0.2, -0.15) is 13.2 Å². The number of hydrogen-bond acceptors (Lipinski definition) is 3. The molecule has 1 saturated heterocycles. The summed E-state index contributed by atoms with van der Waals surface area (Å²) in [6.45, 7) is 2.20. The summed E-state index contributed by atoms with van der Waals surface area (Å²) in [7, 11) is 0. The topological polar surface area (TPSA) is 45.2 Å². The van der Waals surface area contributed by atoms with E-state index in [1.54, 1.807) is 6.20 Å². The molecule has 0 aliphatic carbocycles. The Balaban J connectivity index is 1.66. The summed E-state index contributed by atoms with van der Waals surface area (Å²) in [5.74, 6) is -0.199. The van der Waals surface area contributed by atoms with Crippen LogP contribution in [0.25, 0.3) is 0 Å². The highest BCUT2D eigenvalue weighted by Crippen LogP contribution is 2.23. The quantitative estimate of drug-likeness (QED) is 0.909. The lowest BCUT2D eigenvalue weighted by atomic mass is 9.96. The summed E-state index contributed by atoms with van der Waals surface area (Å²) in [4.78, 5) is 17.7. The Morgan fingerprint density at radius 2 is 2.09 bits per heavy atom. The van der Waals surface area contributed by atoms with Crippen molar-refractivity contribution in [3.8, 4) is 0 Å². The first-order chi connectivity index (χ1) is 10.4. The number of hydrogen-bond donors (Lipinski definition) is 1. The predicted octanol–water partition coefficient (Wildman–Crippen LogP) is 2.76. The number of carbonyl (C=O) groups excluding carboxylic acids is 1. The monoisotopic (exact) mass is 315 g/mol. The number of alkyl halides is 3. The third-order valence-corrected chi connectivity index (χ3v) is 3.85. The van der Waals surface area contributed by atoms with Gasteiger partial charge in [-0.3, -0.25) is 9.78 Å². The minimum Gasteiger partial charge on any atom is -0.370 e. The van der Waals surface area contributed by atoms with E-state index in [2.05, 4.69) is 15.2 Å². The van der Waals surface area contributed by atoms with E-state index in [0.717, 1.165) is 31.6 Å². The fourth-order valence-electron chi connectivity index (χ4n) is 2.54. The molecule has 1 amide bonds. The molecule has 1 N–H and O–H groups in total. The van der Waals surface area contributed by atoms with E-state index in [1.807, 2.05) is 18.3 Å². The second-order valence-electron chi connectivity index (χ2n) is 5.56. The molecule has 1 aliphatic rings. The smallest absolute Gasteiger partial charge is 0.370 e. The number of halogens is 3. The maximum Gasteiger partial charge on any atom is 0.389 e. The zero-order valence-electron chi connectivity index (χ0n) is 12.3. The van der Waals surface area contributed by atoms with Crippen LogP contribution < -0.4 is 10.2 Å². The van der Waals surface area contributed by atoms with Crippen LogP contribution in [0, 0.1) is 5.92 Å². The molecule has 2 heterocycles. The molecule has 2 rings (SSSR count). The molecule has 1 aromatic heterocycles. The van der Waals surface area contributed by atoms with Crippen molar-refractivity contribution in [1.29, 1.82) is 0 Å². The van der Waals surface area contributed by atoms with Gasteiger partial charge >= 0.3 is 6.18 Å². The normalized spacial score (nSPS) is 16.6. The first kappa shape index (κ1) is 16.6. The fourth-order valence-corrected chi connectivity index (χ4v) is 2.54. The highest BCUT2D eigenvalue weighted by molar-refractivity contribution is 5.75. The first-order valence-corrected chi connectivity index (χ1v) is 7.42. The molecule has 0 saturated carbocycles. The van der Waals surface area contributed by atoms with Gasteiger partial charge in [-0.15, -0.1) is 0 Å². The van der Waals surface area contributed by atoms with Gasteiger partial charge in [0.1, 0.15) is 0 Å². The van der Waals surface area contributed by atoms with Gasteiger partial charge in [-0.05, 0) is 30.9 Å². The molecule has 122 valence electrons. The van der Waals surface area contributed by atoms with E-state index in [0.29, 0.717) is 12.5 Å². The summed E-state index contributed by atoms with van der Waals surface area (Å²) < 4.78 is 36.1. The van der Waals surface area contributed by atoms with E-state index in [1.165, 1.54) is 0 Å². The van der Waals surface area contributed by atoms with E-state index >= 15 is 0 Å². The SMILES string of the molecule is O=C(CCC(F)(F)F)NCC1CCN(c2cccnc2)CC1. The molecule has 7 heteroatoms. The number of piperidine rings is 1. The summed E-state index contributed by atoms with van der Waals surface area (Å²) >= 11 is 0. The number of aromatic nitrogens is 1. The average Bonchev–Trinajstić information content (AvgIpc) is 2.51. The van der Waals surface area contributed by atoms with Crippen molar-refractivity contribution >= 4 is 11.6 Å². The third-order valence-electron chi connectivity index (χ3n) is 3.85. The molecule has 22 heavy (non-hydrogen) atoms. The fraction of sp³-hybridized carbons (Fsp3) is 0.600. The van der Waals surface area contributed by atoms with Crippen molar-refractivity contribution in [1.82, 2.24) is 10.3 Å². The number of pyridine rings is 1. The zero-order chi connectivity index (χ0) is 16.0. The van der Waals surface area contributed by atoms with Crippen molar-refractivity contribution in [3.63, 3.8) is 0 Å². The lowest BCUT2D eigenvalue weighted by Crippen LogP contribution is -2.38. The Kier molecular flexibility index (Phi) is 5.63. The van der Waals surface area contributed by atoms with Gasteiger partial charge in [-0.1, -0.05) is 0 Å². The van der Waals surface area contributed by atoms with Gasteiger partial charge in [0, 0.05) is 32.3 Å². The van der Waals surface area contributed by atoms with Crippen molar-refractivity contribution in [2.45, 2.75) is 31.9 Å². The van der Waals surface area contributed by atoms with Crippen LogP contribution in [0.4, 0.5) is 18.9 Å². The van der Waals surface area contributed by atoms with E-state index < -0.39 is 24.9 Å². The Labute approximate surface area is 127 Å². The standard InChI is InChI=1S/C15H20F3N3O/c16-15(17,18)6-3-14(22)20-10-12-4-8-21(9-5-12)13-2-1-7-19-11-13/h1-2,7,11-12H,3-6,8-10H2,(H,20,22). The molecule has 0 aromatic carbocycles. The summed E-state index contributed by atoms with van der Waals surface area (Å²) in [6, 6.07) is 3.90.